The van der Waals surface area contributed by atoms with Gasteiger partial charge >= 0.3 is 6.18 Å². The summed E-state index contributed by atoms with van der Waals surface area (Å²) in [5, 5.41) is 6.50. The Hall–Kier alpha value is -1.53. The first-order valence-electron chi connectivity index (χ1n) is 8.28. The third-order valence-corrected chi connectivity index (χ3v) is 4.22. The maximum Gasteiger partial charge on any atom is 0.435 e. The third kappa shape index (κ3) is 4.48. The van der Waals surface area contributed by atoms with E-state index in [0.717, 1.165) is 25.7 Å². The Balaban J connectivity index is 1.99. The maximum absolute atomic E-state index is 13.0. The molecule has 23 heavy (non-hydrogen) atoms. The van der Waals surface area contributed by atoms with Crippen molar-refractivity contribution in [1.82, 2.24) is 15.1 Å². The summed E-state index contributed by atoms with van der Waals surface area (Å²) < 4.78 is 40.2. The van der Waals surface area contributed by atoms with Gasteiger partial charge in [0.2, 0.25) is 5.91 Å². The quantitative estimate of drug-likeness (QED) is 0.778. The van der Waals surface area contributed by atoms with Gasteiger partial charge < -0.3 is 5.32 Å². The van der Waals surface area contributed by atoms with E-state index < -0.39 is 11.9 Å². The number of hydrogen-bond donors (Lipinski definition) is 1. The molecule has 0 aromatic carbocycles. The average molecular weight is 331 g/mol. The highest BCUT2D eigenvalue weighted by molar-refractivity contribution is 5.76. The first-order chi connectivity index (χ1) is 10.8. The Kier molecular flexibility index (Phi) is 5.70. The molecule has 1 unspecified atom stereocenters. The van der Waals surface area contributed by atoms with Gasteiger partial charge in [-0.1, -0.05) is 26.2 Å². The lowest BCUT2D eigenvalue weighted by molar-refractivity contribution is -0.142. The van der Waals surface area contributed by atoms with Crippen molar-refractivity contribution >= 4 is 5.91 Å². The summed E-state index contributed by atoms with van der Waals surface area (Å²) in [6.07, 6.45) is 1.31. The number of amides is 1. The minimum absolute atomic E-state index is 0.0275. The lowest BCUT2D eigenvalue weighted by Gasteiger charge is -2.14. The monoisotopic (exact) mass is 331 g/mol. The number of nitrogens with zero attached hydrogens (tertiary/aromatic N) is 2. The van der Waals surface area contributed by atoms with Crippen molar-refractivity contribution in [2.24, 2.45) is 0 Å². The molecular formula is C16H24F3N3O. The molecule has 2 rings (SSSR count). The molecule has 4 nitrogen and oxygen atoms in total. The first-order valence-corrected chi connectivity index (χ1v) is 8.28. The van der Waals surface area contributed by atoms with Crippen molar-refractivity contribution < 1.29 is 18.0 Å². The Morgan fingerprint density at radius 3 is 2.74 bits per heavy atom. The average Bonchev–Trinajstić information content (AvgIpc) is 3.01. The van der Waals surface area contributed by atoms with Crippen LogP contribution in [0.25, 0.3) is 0 Å². The number of hydrogen-bond acceptors (Lipinski definition) is 2. The molecule has 1 heterocycles. The molecular weight excluding hydrogens is 307 g/mol. The van der Waals surface area contributed by atoms with Crippen LogP contribution in [-0.2, 0) is 30.4 Å². The molecule has 0 saturated carbocycles. The number of nitrogens with one attached hydrogen (secondary N) is 1. The number of alkyl halides is 3. The third-order valence-electron chi connectivity index (χ3n) is 4.22. The van der Waals surface area contributed by atoms with Crippen LogP contribution < -0.4 is 5.32 Å². The van der Waals surface area contributed by atoms with E-state index in [1.54, 1.807) is 0 Å². The summed E-state index contributed by atoms with van der Waals surface area (Å²) in [7, 11) is 0. The van der Waals surface area contributed by atoms with E-state index in [2.05, 4.69) is 17.3 Å². The second-order valence-corrected chi connectivity index (χ2v) is 6.25. The van der Waals surface area contributed by atoms with Crippen LogP contribution in [0.5, 0.6) is 0 Å². The van der Waals surface area contributed by atoms with Gasteiger partial charge in [0.15, 0.2) is 5.69 Å². The van der Waals surface area contributed by atoms with E-state index in [0.29, 0.717) is 25.0 Å². The zero-order chi connectivity index (χ0) is 17.0. The summed E-state index contributed by atoms with van der Waals surface area (Å²) in [5.41, 5.74) is 0.00111. The van der Waals surface area contributed by atoms with Gasteiger partial charge in [0, 0.05) is 17.3 Å². The standard InChI is InChI=1S/C16H24F3N3O/c1-3-4-5-7-11(2)20-14(23)10-22-13-9-6-8-12(13)15(21-22)16(17,18)19/h11H,3-10H2,1-2H3,(H,20,23). The summed E-state index contributed by atoms with van der Waals surface area (Å²) in [6.45, 7) is 3.89. The number of carbonyl (C=O) groups is 1. The topological polar surface area (TPSA) is 46.9 Å². The highest BCUT2D eigenvalue weighted by Crippen LogP contribution is 2.36. The van der Waals surface area contributed by atoms with E-state index in [9.17, 15) is 18.0 Å². The van der Waals surface area contributed by atoms with Crippen molar-refractivity contribution in [3.8, 4) is 0 Å². The Morgan fingerprint density at radius 2 is 2.09 bits per heavy atom. The van der Waals surface area contributed by atoms with Crippen LogP contribution in [0.15, 0.2) is 0 Å². The van der Waals surface area contributed by atoms with Gasteiger partial charge in [-0.05, 0) is 32.6 Å². The fourth-order valence-electron chi connectivity index (χ4n) is 3.10. The molecule has 0 saturated heterocycles. The molecule has 0 spiro atoms. The number of carbonyl (C=O) groups excluding carboxylic acids is 1. The van der Waals surface area contributed by atoms with Crippen LogP contribution in [0, 0.1) is 0 Å². The number of fused-ring (bicyclic) bond motifs is 1. The Bertz CT molecular complexity index is 552. The van der Waals surface area contributed by atoms with E-state index >= 15 is 0 Å². The van der Waals surface area contributed by atoms with Crippen LogP contribution >= 0.6 is 0 Å². The molecule has 1 amide bonds. The van der Waals surface area contributed by atoms with Crippen molar-refractivity contribution in [2.45, 2.75) is 77.6 Å². The van der Waals surface area contributed by atoms with Gasteiger partial charge in [-0.25, -0.2) is 0 Å². The van der Waals surface area contributed by atoms with Gasteiger partial charge in [0.1, 0.15) is 6.54 Å². The van der Waals surface area contributed by atoms with Crippen LogP contribution in [0.3, 0.4) is 0 Å². The van der Waals surface area contributed by atoms with Gasteiger partial charge in [0.25, 0.3) is 0 Å². The predicted molar refractivity (Wildman–Crippen MR) is 81.0 cm³/mol. The number of aromatic nitrogens is 2. The van der Waals surface area contributed by atoms with E-state index in [1.165, 1.54) is 4.68 Å². The molecule has 0 fully saturated rings. The molecule has 1 N–H and O–H groups in total. The fourth-order valence-corrected chi connectivity index (χ4v) is 3.10. The summed E-state index contributed by atoms with van der Waals surface area (Å²) in [5.74, 6) is -0.278. The molecule has 1 aliphatic rings. The summed E-state index contributed by atoms with van der Waals surface area (Å²) in [6, 6.07) is 0.0275. The fraction of sp³-hybridized carbons (Fsp3) is 0.750. The number of halogens is 3. The number of rotatable bonds is 7. The van der Waals surface area contributed by atoms with E-state index in [-0.39, 0.29) is 24.1 Å². The largest absolute Gasteiger partial charge is 0.435 e. The van der Waals surface area contributed by atoms with Gasteiger partial charge in [-0.2, -0.15) is 18.3 Å². The molecule has 0 aliphatic heterocycles. The van der Waals surface area contributed by atoms with Gasteiger partial charge in [-0.15, -0.1) is 0 Å². The zero-order valence-electron chi connectivity index (χ0n) is 13.7. The van der Waals surface area contributed by atoms with Crippen molar-refractivity contribution in [3.05, 3.63) is 17.0 Å². The van der Waals surface area contributed by atoms with E-state index in [4.69, 9.17) is 0 Å². The van der Waals surface area contributed by atoms with Crippen LogP contribution in [0.4, 0.5) is 13.2 Å². The molecule has 7 heteroatoms. The van der Waals surface area contributed by atoms with Crippen LogP contribution in [0.1, 0.15) is 62.9 Å². The Morgan fingerprint density at radius 1 is 1.35 bits per heavy atom. The SMILES string of the molecule is CCCCCC(C)NC(=O)Cn1nc(C(F)(F)F)c2c1CCC2. The maximum atomic E-state index is 13.0. The molecule has 1 aromatic heterocycles. The number of unbranched alkanes of at least 4 members (excludes halogenated alkanes) is 2. The van der Waals surface area contributed by atoms with Crippen molar-refractivity contribution in [2.75, 3.05) is 0 Å². The summed E-state index contributed by atoms with van der Waals surface area (Å²) in [4.78, 5) is 12.1. The van der Waals surface area contributed by atoms with Crippen molar-refractivity contribution in [3.63, 3.8) is 0 Å². The second kappa shape index (κ2) is 7.36. The van der Waals surface area contributed by atoms with Crippen LogP contribution in [0.2, 0.25) is 0 Å². The smallest absolute Gasteiger partial charge is 0.352 e. The predicted octanol–water partition coefficient (Wildman–Crippen LogP) is 3.48. The summed E-state index contributed by atoms with van der Waals surface area (Å²) >= 11 is 0. The van der Waals surface area contributed by atoms with Gasteiger partial charge in [-0.3, -0.25) is 9.48 Å². The second-order valence-electron chi connectivity index (χ2n) is 6.25. The van der Waals surface area contributed by atoms with E-state index in [1.807, 2.05) is 6.92 Å². The highest BCUT2D eigenvalue weighted by atomic mass is 19.4. The molecule has 1 atom stereocenters. The molecule has 0 bridgehead atoms. The molecule has 1 aromatic rings. The minimum Gasteiger partial charge on any atom is -0.352 e. The Labute approximate surface area is 134 Å². The van der Waals surface area contributed by atoms with Gasteiger partial charge in [0.05, 0.1) is 0 Å². The van der Waals surface area contributed by atoms with Crippen LogP contribution in [-0.4, -0.2) is 21.7 Å². The lowest BCUT2D eigenvalue weighted by atomic mass is 10.1. The molecule has 1 aliphatic carbocycles. The lowest BCUT2D eigenvalue weighted by Crippen LogP contribution is -2.35. The minimum atomic E-state index is -4.45. The first kappa shape index (κ1) is 17.8. The molecule has 130 valence electrons. The highest BCUT2D eigenvalue weighted by Gasteiger charge is 2.40. The molecule has 0 radical (unpaired) electrons. The zero-order valence-corrected chi connectivity index (χ0v) is 13.7. The van der Waals surface area contributed by atoms with Crippen molar-refractivity contribution in [1.29, 1.82) is 0 Å². The normalized spacial score (nSPS) is 15.5.